The van der Waals surface area contributed by atoms with Crippen molar-refractivity contribution in [1.82, 2.24) is 10.2 Å². The molecule has 0 bridgehead atoms. The Labute approximate surface area is 137 Å². The van der Waals surface area contributed by atoms with E-state index in [0.29, 0.717) is 36.9 Å². The number of benzene rings is 1. The highest BCUT2D eigenvalue weighted by atomic mass is 19.1. The van der Waals surface area contributed by atoms with Crippen molar-refractivity contribution in [3.8, 4) is 5.75 Å². The molecule has 1 aromatic rings. The van der Waals surface area contributed by atoms with E-state index in [1.54, 1.807) is 6.07 Å². The van der Waals surface area contributed by atoms with Crippen molar-refractivity contribution in [1.29, 1.82) is 0 Å². The third-order valence-electron chi connectivity index (χ3n) is 4.87. The van der Waals surface area contributed by atoms with Crippen LogP contribution in [0.3, 0.4) is 0 Å². The quantitative estimate of drug-likeness (QED) is 0.875. The second-order valence-electron chi connectivity index (χ2n) is 6.30. The fourth-order valence-corrected chi connectivity index (χ4v) is 3.64. The van der Waals surface area contributed by atoms with E-state index in [9.17, 15) is 9.18 Å². The van der Waals surface area contributed by atoms with Gasteiger partial charge in [-0.1, -0.05) is 13.0 Å². The van der Waals surface area contributed by atoms with Crippen molar-refractivity contribution in [2.24, 2.45) is 0 Å². The van der Waals surface area contributed by atoms with Gasteiger partial charge in [0, 0.05) is 25.4 Å². The summed E-state index contributed by atoms with van der Waals surface area (Å²) in [6.45, 7) is 5.14. The highest BCUT2D eigenvalue weighted by Gasteiger charge is 2.26. The van der Waals surface area contributed by atoms with Crippen LogP contribution in [0, 0.1) is 0 Å². The number of ether oxygens (including phenoxy) is 1. The number of amides is 1. The molecule has 3 rings (SSSR count). The first kappa shape index (κ1) is 16.2. The molecular formula is C18H25FN2O2. The molecule has 1 N–H and O–H groups in total. The molecule has 0 radical (unpaired) electrons. The number of carbonyl (C=O) groups excluding carboxylic acids is 1. The Morgan fingerprint density at radius 3 is 3.13 bits per heavy atom. The lowest BCUT2D eigenvalue weighted by Gasteiger charge is -2.23. The third-order valence-corrected chi connectivity index (χ3v) is 4.87. The molecule has 1 atom stereocenters. The van der Waals surface area contributed by atoms with Crippen molar-refractivity contribution >= 4 is 5.91 Å². The Morgan fingerprint density at radius 1 is 1.48 bits per heavy atom. The lowest BCUT2D eigenvalue weighted by Crippen LogP contribution is -2.40. The summed E-state index contributed by atoms with van der Waals surface area (Å²) >= 11 is 0. The zero-order valence-corrected chi connectivity index (χ0v) is 13.7. The molecular weight excluding hydrogens is 295 g/mol. The predicted octanol–water partition coefficient (Wildman–Crippen LogP) is 2.35. The third kappa shape index (κ3) is 3.50. The Bertz CT molecular complexity index is 576. The normalized spacial score (nSPS) is 20.3. The maximum Gasteiger partial charge on any atom is 0.255 e. The Kier molecular flexibility index (Phi) is 5.16. The highest BCUT2D eigenvalue weighted by molar-refractivity contribution is 5.97. The van der Waals surface area contributed by atoms with Gasteiger partial charge in [-0.3, -0.25) is 14.1 Å². The van der Waals surface area contributed by atoms with Crippen LogP contribution in [0.5, 0.6) is 5.75 Å². The maximum absolute atomic E-state index is 12.7. The van der Waals surface area contributed by atoms with Gasteiger partial charge < -0.3 is 10.1 Å². The number of hydrogen-bond acceptors (Lipinski definition) is 3. The lowest BCUT2D eigenvalue weighted by atomic mass is 10.0. The average molecular weight is 320 g/mol. The SMILES string of the molecule is CCN1CCC[C@H]1CNC(=O)c1cc(CCF)cc2c1OCC2. The molecule has 2 aliphatic heterocycles. The number of nitrogens with zero attached hydrogens (tertiary/aromatic N) is 1. The van der Waals surface area contributed by atoms with E-state index in [1.165, 1.54) is 6.42 Å². The van der Waals surface area contributed by atoms with E-state index in [-0.39, 0.29) is 5.91 Å². The summed E-state index contributed by atoms with van der Waals surface area (Å²) in [4.78, 5) is 15.0. The van der Waals surface area contributed by atoms with Crippen LogP contribution in [0.4, 0.5) is 4.39 Å². The van der Waals surface area contributed by atoms with Crippen LogP contribution >= 0.6 is 0 Å². The zero-order chi connectivity index (χ0) is 16.2. The Morgan fingerprint density at radius 2 is 2.35 bits per heavy atom. The summed E-state index contributed by atoms with van der Waals surface area (Å²) in [7, 11) is 0. The molecule has 126 valence electrons. The molecule has 0 spiro atoms. The maximum atomic E-state index is 12.7. The van der Waals surface area contributed by atoms with E-state index < -0.39 is 6.67 Å². The molecule has 1 aromatic carbocycles. The van der Waals surface area contributed by atoms with Crippen molar-refractivity contribution in [3.05, 3.63) is 28.8 Å². The van der Waals surface area contributed by atoms with E-state index in [0.717, 1.165) is 37.1 Å². The number of rotatable bonds is 6. The summed E-state index contributed by atoms with van der Waals surface area (Å²) in [6, 6.07) is 4.17. The number of hydrogen-bond donors (Lipinski definition) is 1. The molecule has 2 heterocycles. The minimum absolute atomic E-state index is 0.105. The first-order valence-electron chi connectivity index (χ1n) is 8.59. The Hall–Kier alpha value is -1.62. The number of halogens is 1. The molecule has 1 saturated heterocycles. The molecule has 1 amide bonds. The number of carbonyl (C=O) groups is 1. The molecule has 0 aromatic heterocycles. The van der Waals surface area contributed by atoms with Crippen LogP contribution in [-0.2, 0) is 12.8 Å². The number of alkyl halides is 1. The number of likely N-dealkylation sites (N-methyl/N-ethyl adjacent to an activating group) is 1. The molecule has 23 heavy (non-hydrogen) atoms. The summed E-state index contributed by atoms with van der Waals surface area (Å²) in [5.41, 5.74) is 2.46. The van der Waals surface area contributed by atoms with E-state index in [1.807, 2.05) is 6.07 Å². The summed E-state index contributed by atoms with van der Waals surface area (Å²) in [6.07, 6.45) is 3.46. The van der Waals surface area contributed by atoms with Crippen molar-refractivity contribution in [2.75, 3.05) is 32.9 Å². The van der Waals surface area contributed by atoms with Crippen molar-refractivity contribution < 1.29 is 13.9 Å². The molecule has 1 fully saturated rings. The summed E-state index contributed by atoms with van der Waals surface area (Å²) in [5, 5.41) is 3.05. The average Bonchev–Trinajstić information content (AvgIpc) is 3.20. The first-order chi connectivity index (χ1) is 11.2. The topological polar surface area (TPSA) is 41.6 Å². The van der Waals surface area contributed by atoms with Gasteiger partial charge in [0.25, 0.3) is 5.91 Å². The lowest BCUT2D eigenvalue weighted by molar-refractivity contribution is 0.0938. The van der Waals surface area contributed by atoms with Gasteiger partial charge in [-0.05, 0) is 43.1 Å². The second-order valence-corrected chi connectivity index (χ2v) is 6.30. The van der Waals surface area contributed by atoms with Crippen LogP contribution in [0.25, 0.3) is 0 Å². The minimum atomic E-state index is -0.408. The fourth-order valence-electron chi connectivity index (χ4n) is 3.64. The molecule has 4 nitrogen and oxygen atoms in total. The monoisotopic (exact) mass is 320 g/mol. The number of likely N-dealkylation sites (tertiary alicyclic amines) is 1. The van der Waals surface area contributed by atoms with E-state index in [2.05, 4.69) is 17.1 Å². The number of fused-ring (bicyclic) bond motifs is 1. The van der Waals surface area contributed by atoms with Gasteiger partial charge in [0.05, 0.1) is 18.8 Å². The Balaban J connectivity index is 1.71. The molecule has 2 aliphatic rings. The van der Waals surface area contributed by atoms with Crippen LogP contribution in [0.2, 0.25) is 0 Å². The highest BCUT2D eigenvalue weighted by Crippen LogP contribution is 2.31. The van der Waals surface area contributed by atoms with Crippen LogP contribution in [-0.4, -0.2) is 49.8 Å². The van der Waals surface area contributed by atoms with E-state index >= 15 is 0 Å². The standard InChI is InChI=1S/C18H25FN2O2/c1-2-21-8-3-4-15(21)12-20-18(22)16-11-13(5-7-19)10-14-6-9-23-17(14)16/h10-11,15H,2-9,12H2,1H3,(H,20,22)/t15-/m0/s1. The smallest absolute Gasteiger partial charge is 0.255 e. The summed E-state index contributed by atoms with van der Waals surface area (Å²) < 4.78 is 18.3. The van der Waals surface area contributed by atoms with Gasteiger partial charge in [-0.25, -0.2) is 0 Å². The van der Waals surface area contributed by atoms with E-state index in [4.69, 9.17) is 4.74 Å². The zero-order valence-electron chi connectivity index (χ0n) is 13.7. The van der Waals surface area contributed by atoms with Gasteiger partial charge in [0.2, 0.25) is 0 Å². The van der Waals surface area contributed by atoms with Gasteiger partial charge in [0.1, 0.15) is 5.75 Å². The largest absolute Gasteiger partial charge is 0.492 e. The first-order valence-corrected chi connectivity index (χ1v) is 8.59. The van der Waals surface area contributed by atoms with Gasteiger partial charge in [-0.2, -0.15) is 0 Å². The summed E-state index contributed by atoms with van der Waals surface area (Å²) in [5.74, 6) is 0.579. The minimum Gasteiger partial charge on any atom is -0.492 e. The van der Waals surface area contributed by atoms with Crippen molar-refractivity contribution in [2.45, 2.75) is 38.6 Å². The van der Waals surface area contributed by atoms with Gasteiger partial charge in [0.15, 0.2) is 0 Å². The van der Waals surface area contributed by atoms with Crippen LogP contribution < -0.4 is 10.1 Å². The molecule has 0 aliphatic carbocycles. The molecule has 0 saturated carbocycles. The van der Waals surface area contributed by atoms with Crippen LogP contribution in [0.1, 0.15) is 41.3 Å². The predicted molar refractivity (Wildman–Crippen MR) is 87.9 cm³/mol. The van der Waals surface area contributed by atoms with Gasteiger partial charge in [-0.15, -0.1) is 0 Å². The van der Waals surface area contributed by atoms with Crippen molar-refractivity contribution in [3.63, 3.8) is 0 Å². The number of aryl methyl sites for hydroxylation is 1. The second kappa shape index (κ2) is 7.30. The molecule has 0 unspecified atom stereocenters. The van der Waals surface area contributed by atoms with Crippen LogP contribution in [0.15, 0.2) is 12.1 Å². The van der Waals surface area contributed by atoms with Gasteiger partial charge >= 0.3 is 0 Å². The molecule has 5 heteroatoms. The number of nitrogens with one attached hydrogen (secondary N) is 1. The fraction of sp³-hybridized carbons (Fsp3) is 0.611.